The van der Waals surface area contributed by atoms with Gasteiger partial charge in [0.15, 0.2) is 0 Å². The van der Waals surface area contributed by atoms with Crippen molar-refractivity contribution in [3.05, 3.63) is 70.1 Å². The van der Waals surface area contributed by atoms with Gasteiger partial charge < -0.3 is 10.2 Å². The summed E-state index contributed by atoms with van der Waals surface area (Å²) < 4.78 is 1.54. The Kier molecular flexibility index (Phi) is 5.31. The number of nitrogens with zero attached hydrogens (tertiary/aromatic N) is 4. The predicted octanol–water partition coefficient (Wildman–Crippen LogP) is 2.07. The quantitative estimate of drug-likeness (QED) is 0.737. The van der Waals surface area contributed by atoms with Gasteiger partial charge in [-0.3, -0.25) is 18.9 Å². The lowest BCUT2D eigenvalue weighted by atomic mass is 10.1. The second-order valence-corrected chi connectivity index (χ2v) is 7.44. The molecule has 29 heavy (non-hydrogen) atoms. The van der Waals surface area contributed by atoms with Crippen molar-refractivity contribution in [1.82, 2.24) is 14.3 Å². The second kappa shape index (κ2) is 8.05. The summed E-state index contributed by atoms with van der Waals surface area (Å²) in [5, 5.41) is 3.02. The van der Waals surface area contributed by atoms with Crippen LogP contribution in [0.1, 0.15) is 11.1 Å². The van der Waals surface area contributed by atoms with Crippen LogP contribution in [0.5, 0.6) is 0 Å². The Bertz CT molecular complexity index is 1100. The molecule has 7 nitrogen and oxygen atoms in total. The van der Waals surface area contributed by atoms with Gasteiger partial charge >= 0.3 is 0 Å². The number of aryl methyl sites for hydroxylation is 1. The maximum atomic E-state index is 12.5. The van der Waals surface area contributed by atoms with E-state index < -0.39 is 0 Å². The first-order chi connectivity index (χ1) is 14.0. The van der Waals surface area contributed by atoms with Crippen LogP contribution in [-0.2, 0) is 4.79 Å². The molecule has 2 aromatic heterocycles. The van der Waals surface area contributed by atoms with Crippen molar-refractivity contribution in [1.29, 1.82) is 0 Å². The highest BCUT2D eigenvalue weighted by Gasteiger charge is 2.21. The first kappa shape index (κ1) is 19.1. The van der Waals surface area contributed by atoms with Crippen molar-refractivity contribution < 1.29 is 4.79 Å². The number of carbonyl (C=O) groups excluding carboxylic acids is 1. The summed E-state index contributed by atoms with van der Waals surface area (Å²) in [7, 11) is 0. The van der Waals surface area contributed by atoms with Crippen molar-refractivity contribution in [2.24, 2.45) is 0 Å². The Morgan fingerprint density at radius 2 is 1.86 bits per heavy atom. The van der Waals surface area contributed by atoms with E-state index >= 15 is 0 Å². The van der Waals surface area contributed by atoms with Crippen LogP contribution in [0.4, 0.5) is 11.5 Å². The number of aromatic nitrogens is 2. The summed E-state index contributed by atoms with van der Waals surface area (Å²) in [6.45, 7) is 7.36. The topological polar surface area (TPSA) is 70.0 Å². The number of hydrogen-bond acceptors (Lipinski definition) is 5. The van der Waals surface area contributed by atoms with Crippen LogP contribution in [0.3, 0.4) is 0 Å². The van der Waals surface area contributed by atoms with Gasteiger partial charge in [-0.25, -0.2) is 4.98 Å². The van der Waals surface area contributed by atoms with Gasteiger partial charge in [-0.2, -0.15) is 0 Å². The summed E-state index contributed by atoms with van der Waals surface area (Å²) >= 11 is 0. The molecule has 150 valence electrons. The van der Waals surface area contributed by atoms with E-state index in [0.29, 0.717) is 18.0 Å². The van der Waals surface area contributed by atoms with E-state index in [4.69, 9.17) is 0 Å². The van der Waals surface area contributed by atoms with Gasteiger partial charge in [0.25, 0.3) is 5.56 Å². The highest BCUT2D eigenvalue weighted by Crippen LogP contribution is 2.18. The molecule has 0 saturated carbocycles. The highest BCUT2D eigenvalue weighted by atomic mass is 16.2. The van der Waals surface area contributed by atoms with Gasteiger partial charge in [0.05, 0.1) is 6.54 Å². The van der Waals surface area contributed by atoms with E-state index in [2.05, 4.69) is 20.1 Å². The zero-order valence-electron chi connectivity index (χ0n) is 16.8. The fourth-order valence-corrected chi connectivity index (χ4v) is 3.62. The molecule has 0 radical (unpaired) electrons. The van der Waals surface area contributed by atoms with E-state index in [1.807, 2.05) is 50.2 Å². The third-order valence-corrected chi connectivity index (χ3v) is 5.50. The summed E-state index contributed by atoms with van der Waals surface area (Å²) in [5.41, 5.74) is 3.69. The van der Waals surface area contributed by atoms with Gasteiger partial charge in [-0.05, 0) is 43.2 Å². The standard InChI is InChI=1S/C22H25N5O2/c1-16-6-5-7-18(17(16)2)23-21(28)15-25-10-12-26(13-11-25)20-14-22(29)27-9-4-3-8-19(27)24-20/h3-9,14H,10-13,15H2,1-2H3,(H,23,28). The molecule has 4 rings (SSSR count). The number of rotatable bonds is 4. The Morgan fingerprint density at radius 3 is 2.66 bits per heavy atom. The second-order valence-electron chi connectivity index (χ2n) is 7.44. The molecular weight excluding hydrogens is 366 g/mol. The number of hydrogen-bond donors (Lipinski definition) is 1. The van der Waals surface area contributed by atoms with Crippen LogP contribution >= 0.6 is 0 Å². The SMILES string of the molecule is Cc1cccc(NC(=O)CN2CCN(c3cc(=O)n4ccccc4n3)CC2)c1C. The summed E-state index contributed by atoms with van der Waals surface area (Å²) in [4.78, 5) is 33.6. The number of nitrogens with one attached hydrogen (secondary N) is 1. The molecule has 1 N–H and O–H groups in total. The fraction of sp³-hybridized carbons (Fsp3) is 0.318. The van der Waals surface area contributed by atoms with Gasteiger partial charge in [0, 0.05) is 44.1 Å². The molecule has 0 aliphatic carbocycles. The largest absolute Gasteiger partial charge is 0.354 e. The molecule has 7 heteroatoms. The molecule has 1 saturated heterocycles. The average molecular weight is 391 g/mol. The maximum absolute atomic E-state index is 12.5. The fourth-order valence-electron chi connectivity index (χ4n) is 3.62. The lowest BCUT2D eigenvalue weighted by Gasteiger charge is -2.35. The number of carbonyl (C=O) groups is 1. The maximum Gasteiger partial charge on any atom is 0.259 e. The molecule has 0 unspecified atom stereocenters. The number of amides is 1. The van der Waals surface area contributed by atoms with Gasteiger partial charge in [-0.1, -0.05) is 18.2 Å². The molecule has 3 heterocycles. The molecule has 3 aromatic rings. The average Bonchev–Trinajstić information content (AvgIpc) is 2.72. The normalized spacial score (nSPS) is 14.9. The molecular formula is C22H25N5O2. The zero-order valence-corrected chi connectivity index (χ0v) is 16.8. The van der Waals surface area contributed by atoms with E-state index in [1.54, 1.807) is 12.3 Å². The monoisotopic (exact) mass is 391 g/mol. The van der Waals surface area contributed by atoms with Crippen LogP contribution in [0.2, 0.25) is 0 Å². The highest BCUT2D eigenvalue weighted by molar-refractivity contribution is 5.93. The minimum absolute atomic E-state index is 0.00535. The van der Waals surface area contributed by atoms with E-state index in [1.165, 1.54) is 4.40 Å². The third kappa shape index (κ3) is 4.14. The smallest absolute Gasteiger partial charge is 0.259 e. The number of piperazine rings is 1. The lowest BCUT2D eigenvalue weighted by Crippen LogP contribution is -2.49. The Balaban J connectivity index is 1.36. The minimum atomic E-state index is -0.0825. The van der Waals surface area contributed by atoms with E-state index in [9.17, 15) is 9.59 Å². The Hall–Kier alpha value is -3.19. The van der Waals surface area contributed by atoms with Gasteiger partial charge in [0.2, 0.25) is 5.91 Å². The van der Waals surface area contributed by atoms with E-state index in [-0.39, 0.29) is 11.5 Å². The number of anilines is 2. The van der Waals surface area contributed by atoms with Crippen molar-refractivity contribution in [3.63, 3.8) is 0 Å². The Morgan fingerprint density at radius 1 is 1.07 bits per heavy atom. The molecule has 0 atom stereocenters. The van der Waals surface area contributed by atoms with Crippen molar-refractivity contribution in [3.8, 4) is 0 Å². The number of pyridine rings is 1. The molecule has 1 aliphatic rings. The summed E-state index contributed by atoms with van der Waals surface area (Å²) in [6, 6.07) is 13.0. The van der Waals surface area contributed by atoms with Gasteiger partial charge in [0.1, 0.15) is 11.5 Å². The van der Waals surface area contributed by atoms with Crippen LogP contribution in [0.25, 0.3) is 5.65 Å². The molecule has 1 aliphatic heterocycles. The summed E-state index contributed by atoms with van der Waals surface area (Å²) in [6.07, 6.45) is 1.72. The zero-order chi connectivity index (χ0) is 20.4. The van der Waals surface area contributed by atoms with Crippen LogP contribution in [0.15, 0.2) is 53.5 Å². The molecule has 0 spiro atoms. The third-order valence-electron chi connectivity index (χ3n) is 5.50. The van der Waals surface area contributed by atoms with Crippen molar-refractivity contribution in [2.75, 3.05) is 42.9 Å². The molecule has 0 bridgehead atoms. The first-order valence-electron chi connectivity index (χ1n) is 9.83. The summed E-state index contributed by atoms with van der Waals surface area (Å²) in [5.74, 6) is 0.690. The predicted molar refractivity (Wildman–Crippen MR) is 115 cm³/mol. The van der Waals surface area contributed by atoms with Crippen molar-refractivity contribution >= 4 is 23.1 Å². The van der Waals surface area contributed by atoms with Crippen molar-refractivity contribution in [2.45, 2.75) is 13.8 Å². The molecule has 1 fully saturated rings. The minimum Gasteiger partial charge on any atom is -0.354 e. The van der Waals surface area contributed by atoms with Crippen LogP contribution < -0.4 is 15.8 Å². The molecule has 1 amide bonds. The van der Waals surface area contributed by atoms with Crippen LogP contribution in [-0.4, -0.2) is 52.9 Å². The van der Waals surface area contributed by atoms with Gasteiger partial charge in [-0.15, -0.1) is 0 Å². The molecule has 1 aromatic carbocycles. The Labute approximate surface area is 169 Å². The first-order valence-corrected chi connectivity index (χ1v) is 9.83. The lowest BCUT2D eigenvalue weighted by molar-refractivity contribution is -0.117. The number of fused-ring (bicyclic) bond motifs is 1. The van der Waals surface area contributed by atoms with E-state index in [0.717, 1.165) is 43.0 Å². The number of benzene rings is 1. The van der Waals surface area contributed by atoms with Crippen LogP contribution in [0, 0.1) is 13.8 Å².